The average molecular weight is 281 g/mol. The van der Waals surface area contributed by atoms with E-state index >= 15 is 0 Å². The number of hydrogen-bond acceptors (Lipinski definition) is 6. The molecule has 2 aliphatic rings. The molecule has 2 fully saturated rings. The van der Waals surface area contributed by atoms with Crippen LogP contribution in [0.1, 0.15) is 36.7 Å². The summed E-state index contributed by atoms with van der Waals surface area (Å²) in [7, 11) is 0. The maximum atomic E-state index is 11.8. The number of likely N-dealkylation sites (tertiary alicyclic amines) is 1. The zero-order chi connectivity index (χ0) is 13.2. The summed E-state index contributed by atoms with van der Waals surface area (Å²) < 4.78 is 5.02. The van der Waals surface area contributed by atoms with Crippen LogP contribution in [-0.2, 0) is 4.74 Å². The summed E-state index contributed by atoms with van der Waals surface area (Å²) in [6, 6.07) is 1.24. The Balaban J connectivity index is 1.60. The molecule has 5 nitrogen and oxygen atoms in total. The Morgan fingerprint density at radius 2 is 2.42 bits per heavy atom. The van der Waals surface area contributed by atoms with E-state index in [9.17, 15) is 4.79 Å². The Morgan fingerprint density at radius 1 is 1.58 bits per heavy atom. The zero-order valence-electron chi connectivity index (χ0n) is 11.1. The topological polar surface area (TPSA) is 54.5 Å². The second-order valence-corrected chi connectivity index (χ2v) is 5.96. The second kappa shape index (κ2) is 5.46. The zero-order valence-corrected chi connectivity index (χ0v) is 11.9. The quantitative estimate of drug-likeness (QED) is 0.836. The number of anilines is 1. The van der Waals surface area contributed by atoms with Gasteiger partial charge >= 0.3 is 5.97 Å². The Hall–Kier alpha value is -1.14. The first-order chi connectivity index (χ1) is 9.28. The minimum atomic E-state index is -0.330. The minimum absolute atomic E-state index is 0.330. The highest BCUT2D eigenvalue weighted by molar-refractivity contribution is 7.14. The van der Waals surface area contributed by atoms with Gasteiger partial charge in [-0.1, -0.05) is 0 Å². The molecular formula is C13H19N3O2S. The number of thiazole rings is 1. The maximum Gasteiger partial charge on any atom is 0.360 e. The number of carbonyl (C=O) groups excluding carboxylic acids is 1. The molecule has 1 saturated carbocycles. The average Bonchev–Trinajstić information content (AvgIpc) is 2.97. The van der Waals surface area contributed by atoms with Gasteiger partial charge in [0.05, 0.1) is 12.1 Å². The van der Waals surface area contributed by atoms with Gasteiger partial charge in [0.2, 0.25) is 0 Å². The van der Waals surface area contributed by atoms with Crippen molar-refractivity contribution < 1.29 is 9.53 Å². The lowest BCUT2D eigenvalue weighted by Crippen LogP contribution is -2.28. The van der Waals surface area contributed by atoms with Crippen LogP contribution in [0.2, 0.25) is 0 Å². The Bertz CT molecular complexity index is 458. The maximum absolute atomic E-state index is 11.8. The third-order valence-corrected chi connectivity index (χ3v) is 4.41. The molecule has 1 aliphatic carbocycles. The molecule has 0 bridgehead atoms. The monoisotopic (exact) mass is 281 g/mol. The molecule has 6 heteroatoms. The molecule has 3 rings (SSSR count). The number of esters is 1. The highest BCUT2D eigenvalue weighted by Gasteiger charge is 2.34. The van der Waals surface area contributed by atoms with E-state index in [0.29, 0.717) is 18.3 Å². The lowest BCUT2D eigenvalue weighted by Gasteiger charge is -2.16. The van der Waals surface area contributed by atoms with Gasteiger partial charge < -0.3 is 10.1 Å². The number of aromatic nitrogens is 1. The van der Waals surface area contributed by atoms with Crippen molar-refractivity contribution >= 4 is 22.3 Å². The van der Waals surface area contributed by atoms with E-state index in [2.05, 4.69) is 15.2 Å². The van der Waals surface area contributed by atoms with Crippen LogP contribution >= 0.6 is 11.3 Å². The number of nitrogens with zero attached hydrogens (tertiary/aromatic N) is 2. The van der Waals surface area contributed by atoms with Crippen molar-refractivity contribution in [2.45, 2.75) is 38.3 Å². The van der Waals surface area contributed by atoms with Crippen molar-refractivity contribution in [1.82, 2.24) is 9.88 Å². The van der Waals surface area contributed by atoms with E-state index in [-0.39, 0.29) is 5.97 Å². The molecular weight excluding hydrogens is 262 g/mol. The van der Waals surface area contributed by atoms with Gasteiger partial charge in [0.1, 0.15) is 5.00 Å². The summed E-state index contributed by atoms with van der Waals surface area (Å²) >= 11 is 1.47. The van der Waals surface area contributed by atoms with Crippen molar-refractivity contribution in [1.29, 1.82) is 0 Å². The molecule has 1 aromatic heterocycles. The van der Waals surface area contributed by atoms with Crippen molar-refractivity contribution in [2.75, 3.05) is 25.0 Å². The van der Waals surface area contributed by atoms with Crippen molar-refractivity contribution in [2.24, 2.45) is 0 Å². The standard InChI is InChI=1S/C13H19N3O2S/c1-2-18-13(17)11-12(19-8-14-11)15-9-5-6-16(7-9)10-3-4-10/h8-10,15H,2-7H2,1H3. The van der Waals surface area contributed by atoms with Gasteiger partial charge in [-0.15, -0.1) is 11.3 Å². The molecule has 1 unspecified atom stereocenters. The lowest BCUT2D eigenvalue weighted by atomic mass is 10.2. The van der Waals surface area contributed by atoms with E-state index in [1.807, 2.05) is 6.92 Å². The minimum Gasteiger partial charge on any atom is -0.461 e. The van der Waals surface area contributed by atoms with Crippen LogP contribution in [0.5, 0.6) is 0 Å². The fourth-order valence-electron chi connectivity index (χ4n) is 2.56. The lowest BCUT2D eigenvalue weighted by molar-refractivity contribution is 0.0521. The number of carbonyl (C=O) groups is 1. The molecule has 104 valence electrons. The van der Waals surface area contributed by atoms with Gasteiger partial charge in [-0.25, -0.2) is 9.78 Å². The van der Waals surface area contributed by atoms with Crippen LogP contribution in [0.4, 0.5) is 5.00 Å². The third-order valence-electron chi connectivity index (χ3n) is 3.65. The number of hydrogen-bond donors (Lipinski definition) is 1. The van der Waals surface area contributed by atoms with Gasteiger partial charge in [-0.2, -0.15) is 0 Å². The SMILES string of the molecule is CCOC(=O)c1ncsc1NC1CCN(C2CC2)C1. The predicted octanol–water partition coefficient (Wildman–Crippen LogP) is 1.97. The summed E-state index contributed by atoms with van der Waals surface area (Å²) in [5, 5.41) is 4.30. The normalized spacial score (nSPS) is 23.5. The van der Waals surface area contributed by atoms with Crippen LogP contribution in [-0.4, -0.2) is 47.6 Å². The predicted molar refractivity (Wildman–Crippen MR) is 74.7 cm³/mol. The summed E-state index contributed by atoms with van der Waals surface area (Å²) in [6.45, 7) is 4.43. The molecule has 0 amide bonds. The Kier molecular flexibility index (Phi) is 3.70. The van der Waals surface area contributed by atoms with Gasteiger partial charge in [0.25, 0.3) is 0 Å². The van der Waals surface area contributed by atoms with Gasteiger partial charge in [-0.3, -0.25) is 4.90 Å². The molecule has 1 N–H and O–H groups in total. The van der Waals surface area contributed by atoms with E-state index in [1.54, 1.807) is 5.51 Å². The largest absolute Gasteiger partial charge is 0.461 e. The highest BCUT2D eigenvalue weighted by Crippen LogP contribution is 2.31. The first-order valence-electron chi connectivity index (χ1n) is 6.89. The number of ether oxygens (including phenoxy) is 1. The van der Waals surface area contributed by atoms with Gasteiger partial charge in [0, 0.05) is 25.2 Å². The third kappa shape index (κ3) is 2.90. The first kappa shape index (κ1) is 12.9. The van der Waals surface area contributed by atoms with Crippen molar-refractivity contribution in [3.05, 3.63) is 11.2 Å². The molecule has 1 saturated heterocycles. The fraction of sp³-hybridized carbons (Fsp3) is 0.692. The summed E-state index contributed by atoms with van der Waals surface area (Å²) in [5.41, 5.74) is 2.12. The summed E-state index contributed by atoms with van der Waals surface area (Å²) in [4.78, 5) is 18.4. The molecule has 0 spiro atoms. The van der Waals surface area contributed by atoms with E-state index in [4.69, 9.17) is 4.74 Å². The molecule has 19 heavy (non-hydrogen) atoms. The van der Waals surface area contributed by atoms with Crippen LogP contribution in [0.15, 0.2) is 5.51 Å². The van der Waals surface area contributed by atoms with E-state index in [1.165, 1.54) is 24.2 Å². The summed E-state index contributed by atoms with van der Waals surface area (Å²) in [5.74, 6) is -0.330. The van der Waals surface area contributed by atoms with Crippen molar-refractivity contribution in [3.63, 3.8) is 0 Å². The first-order valence-corrected chi connectivity index (χ1v) is 7.77. The van der Waals surface area contributed by atoms with Crippen LogP contribution in [0.3, 0.4) is 0 Å². The number of rotatable bonds is 5. The molecule has 2 heterocycles. The highest BCUT2D eigenvalue weighted by atomic mass is 32.1. The Morgan fingerprint density at radius 3 is 3.16 bits per heavy atom. The molecule has 1 atom stereocenters. The number of nitrogens with one attached hydrogen (secondary N) is 1. The fourth-order valence-corrected chi connectivity index (χ4v) is 3.30. The Labute approximate surface area is 117 Å². The van der Waals surface area contributed by atoms with E-state index in [0.717, 1.165) is 30.6 Å². The van der Waals surface area contributed by atoms with Crippen molar-refractivity contribution in [3.8, 4) is 0 Å². The molecule has 1 aliphatic heterocycles. The van der Waals surface area contributed by atoms with Crippen LogP contribution < -0.4 is 5.32 Å². The molecule has 0 aromatic carbocycles. The summed E-state index contributed by atoms with van der Waals surface area (Å²) in [6.07, 6.45) is 3.83. The molecule has 1 aromatic rings. The molecule has 0 radical (unpaired) electrons. The van der Waals surface area contributed by atoms with Gasteiger partial charge in [0.15, 0.2) is 5.69 Å². The van der Waals surface area contributed by atoms with E-state index < -0.39 is 0 Å². The second-order valence-electron chi connectivity index (χ2n) is 5.11. The van der Waals surface area contributed by atoms with Crippen LogP contribution in [0, 0.1) is 0 Å². The smallest absolute Gasteiger partial charge is 0.360 e. The van der Waals surface area contributed by atoms with Gasteiger partial charge in [-0.05, 0) is 26.2 Å². The van der Waals surface area contributed by atoms with Crippen LogP contribution in [0.25, 0.3) is 0 Å².